The first-order valence-corrected chi connectivity index (χ1v) is 8.14. The van der Waals surface area contributed by atoms with E-state index in [-0.39, 0.29) is 11.2 Å². The minimum absolute atomic E-state index is 0.0920. The number of hydrogen-bond acceptors (Lipinski definition) is 3. The van der Waals surface area contributed by atoms with Gasteiger partial charge < -0.3 is 9.88 Å². The highest BCUT2D eigenvalue weighted by Gasteiger charge is 2.16. The van der Waals surface area contributed by atoms with Crippen LogP contribution < -0.4 is 5.32 Å². The molecule has 1 atom stereocenters. The molecule has 0 saturated carbocycles. The largest absolute Gasteiger partial charge is 0.355 e. The number of amides is 1. The van der Waals surface area contributed by atoms with E-state index in [1.807, 2.05) is 24.7 Å². The highest BCUT2D eigenvalue weighted by Crippen LogP contribution is 2.21. The van der Waals surface area contributed by atoms with Crippen molar-refractivity contribution in [2.24, 2.45) is 7.05 Å². The second kappa shape index (κ2) is 7.53. The molecular formula is C15H23N3OS. The summed E-state index contributed by atoms with van der Waals surface area (Å²) < 4.78 is 1.93. The lowest BCUT2D eigenvalue weighted by molar-refractivity contribution is -0.120. The molecule has 1 N–H and O–H groups in total. The molecule has 20 heavy (non-hydrogen) atoms. The van der Waals surface area contributed by atoms with Crippen LogP contribution in [0.3, 0.4) is 0 Å². The van der Waals surface area contributed by atoms with E-state index in [0.717, 1.165) is 18.1 Å². The number of thioether (sulfide) groups is 1. The van der Waals surface area contributed by atoms with Gasteiger partial charge in [-0.05, 0) is 39.0 Å². The van der Waals surface area contributed by atoms with Gasteiger partial charge in [0.15, 0.2) is 5.16 Å². The second-order valence-corrected chi connectivity index (χ2v) is 6.54. The lowest BCUT2D eigenvalue weighted by atomic mass is 9.97. The molecule has 5 heteroatoms. The van der Waals surface area contributed by atoms with E-state index in [0.29, 0.717) is 0 Å². The van der Waals surface area contributed by atoms with Gasteiger partial charge in [-0.25, -0.2) is 4.98 Å². The predicted octanol–water partition coefficient (Wildman–Crippen LogP) is 2.91. The number of hydrogen-bond donors (Lipinski definition) is 1. The Kier molecular flexibility index (Phi) is 5.71. The van der Waals surface area contributed by atoms with Crippen molar-refractivity contribution in [3.05, 3.63) is 24.0 Å². The molecule has 1 aliphatic carbocycles. The quantitative estimate of drug-likeness (QED) is 0.648. The zero-order valence-corrected chi connectivity index (χ0v) is 13.1. The minimum atomic E-state index is -0.114. The van der Waals surface area contributed by atoms with Gasteiger partial charge >= 0.3 is 0 Å². The minimum Gasteiger partial charge on any atom is -0.355 e. The van der Waals surface area contributed by atoms with Crippen LogP contribution >= 0.6 is 11.8 Å². The van der Waals surface area contributed by atoms with Crippen molar-refractivity contribution in [3.8, 4) is 0 Å². The fourth-order valence-corrected chi connectivity index (χ4v) is 3.15. The van der Waals surface area contributed by atoms with Crippen LogP contribution in [-0.2, 0) is 11.8 Å². The maximum Gasteiger partial charge on any atom is 0.233 e. The zero-order valence-electron chi connectivity index (χ0n) is 12.3. The van der Waals surface area contributed by atoms with E-state index >= 15 is 0 Å². The molecule has 0 unspecified atom stereocenters. The number of nitrogens with zero attached hydrogens (tertiary/aromatic N) is 2. The van der Waals surface area contributed by atoms with Gasteiger partial charge in [0.1, 0.15) is 0 Å². The van der Waals surface area contributed by atoms with Gasteiger partial charge in [0.25, 0.3) is 0 Å². The topological polar surface area (TPSA) is 46.9 Å². The number of rotatable bonds is 6. The van der Waals surface area contributed by atoms with Crippen LogP contribution in [0.4, 0.5) is 0 Å². The van der Waals surface area contributed by atoms with Gasteiger partial charge in [0, 0.05) is 26.0 Å². The number of nitrogens with one attached hydrogen (secondary N) is 1. The Hall–Kier alpha value is -1.23. The lowest BCUT2D eigenvalue weighted by Gasteiger charge is -2.14. The molecule has 0 saturated heterocycles. The molecule has 0 radical (unpaired) electrons. The van der Waals surface area contributed by atoms with Crippen molar-refractivity contribution in [1.29, 1.82) is 0 Å². The molecule has 110 valence electrons. The molecule has 0 fully saturated rings. The summed E-state index contributed by atoms with van der Waals surface area (Å²) in [7, 11) is 1.94. The molecule has 2 rings (SSSR count). The summed E-state index contributed by atoms with van der Waals surface area (Å²) in [5.41, 5.74) is 1.50. The standard InChI is InChI=1S/C15H23N3OS/c1-12(20-15-17-10-11-18(15)2)14(19)16-9-8-13-6-4-3-5-7-13/h6,10-12H,3-5,7-9H2,1-2H3,(H,16,19)/t12-/m0/s1. The second-order valence-electron chi connectivity index (χ2n) is 5.23. The predicted molar refractivity (Wildman–Crippen MR) is 82.7 cm³/mol. The van der Waals surface area contributed by atoms with E-state index in [1.54, 1.807) is 6.20 Å². The first-order chi connectivity index (χ1) is 9.66. The van der Waals surface area contributed by atoms with Crippen LogP contribution in [0.1, 0.15) is 39.0 Å². The number of aromatic nitrogens is 2. The summed E-state index contributed by atoms with van der Waals surface area (Å²) in [6.45, 7) is 2.67. The Bertz CT molecular complexity index is 481. The summed E-state index contributed by atoms with van der Waals surface area (Å²) in [5, 5.41) is 3.79. The first kappa shape index (κ1) is 15.2. The SMILES string of the molecule is C[C@H](Sc1nccn1C)C(=O)NCCC1=CCCCC1. The Labute approximate surface area is 125 Å². The Balaban J connectivity index is 1.71. The Morgan fingerprint density at radius 2 is 2.40 bits per heavy atom. The highest BCUT2D eigenvalue weighted by molar-refractivity contribution is 8.00. The molecular weight excluding hydrogens is 270 g/mol. The summed E-state index contributed by atoms with van der Waals surface area (Å²) in [4.78, 5) is 16.3. The van der Waals surface area contributed by atoms with Crippen molar-refractivity contribution in [1.82, 2.24) is 14.9 Å². The van der Waals surface area contributed by atoms with Crippen LogP contribution in [-0.4, -0.2) is 27.3 Å². The van der Waals surface area contributed by atoms with Gasteiger partial charge in [0.05, 0.1) is 5.25 Å². The number of carbonyl (C=O) groups excluding carboxylic acids is 1. The molecule has 0 spiro atoms. The van der Waals surface area contributed by atoms with Gasteiger partial charge in [-0.3, -0.25) is 4.79 Å². The average Bonchev–Trinajstić information content (AvgIpc) is 2.85. The number of imidazole rings is 1. The van der Waals surface area contributed by atoms with E-state index in [1.165, 1.54) is 43.0 Å². The monoisotopic (exact) mass is 293 g/mol. The number of allylic oxidation sites excluding steroid dienone is 1. The molecule has 4 nitrogen and oxygen atoms in total. The molecule has 0 bridgehead atoms. The highest BCUT2D eigenvalue weighted by atomic mass is 32.2. The van der Waals surface area contributed by atoms with Crippen LogP contribution in [0.25, 0.3) is 0 Å². The van der Waals surface area contributed by atoms with E-state index < -0.39 is 0 Å². The van der Waals surface area contributed by atoms with E-state index in [4.69, 9.17) is 0 Å². The fraction of sp³-hybridized carbons (Fsp3) is 0.600. The van der Waals surface area contributed by atoms with Crippen LogP contribution in [0, 0.1) is 0 Å². The first-order valence-electron chi connectivity index (χ1n) is 7.26. The summed E-state index contributed by atoms with van der Waals surface area (Å²) in [5.74, 6) is 0.0920. The maximum absolute atomic E-state index is 12.0. The van der Waals surface area contributed by atoms with Crippen LogP contribution in [0.2, 0.25) is 0 Å². The lowest BCUT2D eigenvalue weighted by Crippen LogP contribution is -2.32. The smallest absolute Gasteiger partial charge is 0.233 e. The van der Waals surface area contributed by atoms with Gasteiger partial charge in [0.2, 0.25) is 5.91 Å². The Morgan fingerprint density at radius 3 is 3.05 bits per heavy atom. The fourth-order valence-electron chi connectivity index (χ4n) is 2.30. The molecule has 1 amide bonds. The maximum atomic E-state index is 12.0. The normalized spacial score (nSPS) is 16.6. The van der Waals surface area contributed by atoms with Gasteiger partial charge in [-0.1, -0.05) is 23.4 Å². The third-order valence-corrected chi connectivity index (χ3v) is 4.73. The molecule has 0 aliphatic heterocycles. The van der Waals surface area contributed by atoms with Crippen molar-refractivity contribution in [3.63, 3.8) is 0 Å². The summed E-state index contributed by atoms with van der Waals surface area (Å²) in [6.07, 6.45) is 12.0. The van der Waals surface area contributed by atoms with E-state index in [9.17, 15) is 4.79 Å². The molecule has 1 aromatic rings. The van der Waals surface area contributed by atoms with Crippen molar-refractivity contribution in [2.45, 2.75) is 49.4 Å². The van der Waals surface area contributed by atoms with Crippen molar-refractivity contribution >= 4 is 17.7 Å². The molecule has 1 aromatic heterocycles. The summed E-state index contributed by atoms with van der Waals surface area (Å²) in [6, 6.07) is 0. The third-order valence-electron chi connectivity index (χ3n) is 3.56. The number of aryl methyl sites for hydroxylation is 1. The van der Waals surface area contributed by atoms with Crippen molar-refractivity contribution in [2.75, 3.05) is 6.54 Å². The summed E-state index contributed by atoms with van der Waals surface area (Å²) >= 11 is 1.50. The molecule has 0 aromatic carbocycles. The van der Waals surface area contributed by atoms with Gasteiger partial charge in [-0.2, -0.15) is 0 Å². The molecule has 1 heterocycles. The third kappa shape index (κ3) is 4.40. The van der Waals surface area contributed by atoms with Crippen molar-refractivity contribution < 1.29 is 4.79 Å². The zero-order chi connectivity index (χ0) is 14.4. The average molecular weight is 293 g/mol. The molecule has 1 aliphatic rings. The Morgan fingerprint density at radius 1 is 1.55 bits per heavy atom. The van der Waals surface area contributed by atoms with Gasteiger partial charge in [-0.15, -0.1) is 0 Å². The van der Waals surface area contributed by atoms with Crippen LogP contribution in [0.15, 0.2) is 29.2 Å². The van der Waals surface area contributed by atoms with E-state index in [2.05, 4.69) is 16.4 Å². The van der Waals surface area contributed by atoms with Crippen LogP contribution in [0.5, 0.6) is 0 Å². The number of carbonyl (C=O) groups is 1.